The molecule has 5 nitrogen and oxygen atoms in total. The van der Waals surface area contributed by atoms with Crippen molar-refractivity contribution in [2.45, 2.75) is 79.2 Å². The van der Waals surface area contributed by atoms with Crippen molar-refractivity contribution in [1.29, 1.82) is 0 Å². The van der Waals surface area contributed by atoms with Gasteiger partial charge in [0, 0.05) is 37.0 Å². The first kappa shape index (κ1) is 36.1. The van der Waals surface area contributed by atoms with Gasteiger partial charge in [-0.25, -0.2) is 4.98 Å². The first-order valence-electron chi connectivity index (χ1n) is 12.8. The lowest BCUT2D eigenvalue weighted by atomic mass is 9.98. The molecule has 1 fully saturated rings. The molecule has 3 N–H and O–H groups in total. The van der Waals surface area contributed by atoms with Crippen LogP contribution in [0.5, 0.6) is 0 Å². The van der Waals surface area contributed by atoms with Gasteiger partial charge in [-0.2, -0.15) is 0 Å². The van der Waals surface area contributed by atoms with Gasteiger partial charge in [-0.3, -0.25) is 4.79 Å². The Balaban J connectivity index is 0. The third-order valence-electron chi connectivity index (χ3n) is 5.33. The molecule has 1 saturated heterocycles. The van der Waals surface area contributed by atoms with Crippen molar-refractivity contribution in [2.75, 3.05) is 19.6 Å². The molecule has 0 aliphatic carbocycles. The van der Waals surface area contributed by atoms with Gasteiger partial charge in [0.05, 0.1) is 5.01 Å². The molecule has 1 aromatic rings. The normalized spacial score (nSPS) is 14.8. The summed E-state index contributed by atoms with van der Waals surface area (Å²) in [5.74, 6) is 1.12. The van der Waals surface area contributed by atoms with E-state index >= 15 is 0 Å². The van der Waals surface area contributed by atoms with E-state index in [-0.39, 0.29) is 6.04 Å². The Kier molecular flexibility index (Phi) is 24.6. The van der Waals surface area contributed by atoms with Gasteiger partial charge in [-0.15, -0.1) is 24.5 Å². The number of rotatable bonds is 8. The maximum absolute atomic E-state index is 10.7. The third-order valence-corrected chi connectivity index (χ3v) is 6.76. The molecular formula is C29H50N4OS2. The average Bonchev–Trinajstić information content (AvgIpc) is 3.40. The molecule has 1 aliphatic rings. The molecule has 2 heterocycles. The van der Waals surface area contributed by atoms with Crippen molar-refractivity contribution in [3.05, 3.63) is 65.7 Å². The number of aromatic nitrogens is 1. The SMILES string of the molecule is C/C=C\C.C=CC(C)N.C=CC/C=C/C.CCC(C)CNC(=S)N1CCC(c2nc(C=O)cs2)CC1. The van der Waals surface area contributed by atoms with Crippen LogP contribution in [0.1, 0.15) is 88.6 Å². The molecule has 0 amide bonds. The number of nitrogens with zero attached hydrogens (tertiary/aromatic N) is 2. The topological polar surface area (TPSA) is 71.2 Å². The van der Waals surface area contributed by atoms with Crippen LogP contribution in [0.2, 0.25) is 0 Å². The lowest BCUT2D eigenvalue weighted by molar-refractivity contribution is 0.111. The highest BCUT2D eigenvalue weighted by molar-refractivity contribution is 7.80. The van der Waals surface area contributed by atoms with Crippen LogP contribution in [0, 0.1) is 5.92 Å². The van der Waals surface area contributed by atoms with Crippen molar-refractivity contribution in [2.24, 2.45) is 11.7 Å². The summed E-state index contributed by atoms with van der Waals surface area (Å²) in [5.41, 5.74) is 5.73. The van der Waals surface area contributed by atoms with E-state index in [0.29, 0.717) is 17.5 Å². The highest BCUT2D eigenvalue weighted by atomic mass is 32.1. The van der Waals surface area contributed by atoms with Crippen LogP contribution in [-0.2, 0) is 0 Å². The van der Waals surface area contributed by atoms with E-state index in [1.54, 1.807) is 17.4 Å². The van der Waals surface area contributed by atoms with Crippen LogP contribution in [0.15, 0.2) is 55.0 Å². The fraction of sp³-hybridized carbons (Fsp3) is 0.552. The first-order chi connectivity index (χ1) is 17.2. The minimum Gasteiger partial charge on any atom is -0.362 e. The van der Waals surface area contributed by atoms with Crippen LogP contribution >= 0.6 is 23.6 Å². The monoisotopic (exact) mass is 534 g/mol. The first-order valence-corrected chi connectivity index (χ1v) is 14.1. The van der Waals surface area contributed by atoms with E-state index in [1.807, 2.05) is 57.4 Å². The zero-order valence-corrected chi connectivity index (χ0v) is 25.0. The van der Waals surface area contributed by atoms with Gasteiger partial charge in [0.15, 0.2) is 11.4 Å². The van der Waals surface area contributed by atoms with Crippen LogP contribution in [-0.4, -0.2) is 47.0 Å². The van der Waals surface area contributed by atoms with Gasteiger partial charge < -0.3 is 16.0 Å². The van der Waals surface area contributed by atoms with Gasteiger partial charge in [0.25, 0.3) is 0 Å². The molecule has 36 heavy (non-hydrogen) atoms. The van der Waals surface area contributed by atoms with E-state index in [4.69, 9.17) is 18.0 Å². The Morgan fingerprint density at radius 2 is 1.83 bits per heavy atom. The standard InChI is InChI=1S/C15H23N3OS2.C6H10.C4H9N.C4H8/c1-3-11(2)8-16-15(20)18-6-4-12(5-7-18)14-17-13(9-19)10-21-14;1-3-5-6-4-2;1-3-4(2)5;1-3-4-2/h9-12H,3-8H2,1-2H3,(H,16,20);3-4,6H,1,5H2,2H3;3-4H,1,5H2,2H3;3-4H,1-2H3/b;6-4+;;4-3-. The maximum Gasteiger partial charge on any atom is 0.169 e. The maximum atomic E-state index is 10.7. The number of nitrogens with one attached hydrogen (secondary N) is 1. The van der Waals surface area contributed by atoms with Crippen LogP contribution in [0.3, 0.4) is 0 Å². The Morgan fingerprint density at radius 3 is 2.19 bits per heavy atom. The molecule has 1 aromatic heterocycles. The number of hydrogen-bond acceptors (Lipinski definition) is 5. The summed E-state index contributed by atoms with van der Waals surface area (Å²) in [6.07, 6.45) is 16.7. The number of aldehydes is 1. The van der Waals surface area contributed by atoms with Crippen molar-refractivity contribution in [3.63, 3.8) is 0 Å². The Morgan fingerprint density at radius 1 is 1.25 bits per heavy atom. The molecular weight excluding hydrogens is 484 g/mol. The second-order valence-corrected chi connectivity index (χ2v) is 9.82. The van der Waals surface area contributed by atoms with Gasteiger partial charge >= 0.3 is 0 Å². The lowest BCUT2D eigenvalue weighted by Gasteiger charge is -2.33. The summed E-state index contributed by atoms with van der Waals surface area (Å²) < 4.78 is 0. The smallest absolute Gasteiger partial charge is 0.169 e. The Labute approximate surface area is 230 Å². The molecule has 2 rings (SSSR count). The number of likely N-dealkylation sites (tertiary alicyclic amines) is 1. The van der Waals surface area contributed by atoms with Gasteiger partial charge in [-0.1, -0.05) is 56.7 Å². The molecule has 2 unspecified atom stereocenters. The van der Waals surface area contributed by atoms with Crippen molar-refractivity contribution < 1.29 is 4.79 Å². The highest BCUT2D eigenvalue weighted by Gasteiger charge is 2.24. The summed E-state index contributed by atoms with van der Waals surface area (Å²) in [5, 5.41) is 7.18. The minimum absolute atomic E-state index is 0.148. The van der Waals surface area contributed by atoms with E-state index < -0.39 is 0 Å². The number of piperidine rings is 1. The fourth-order valence-corrected chi connectivity index (χ4v) is 3.82. The second-order valence-electron chi connectivity index (χ2n) is 8.54. The number of hydrogen-bond donors (Lipinski definition) is 2. The summed E-state index contributed by atoms with van der Waals surface area (Å²) in [4.78, 5) is 17.3. The molecule has 204 valence electrons. The van der Waals surface area contributed by atoms with Crippen molar-refractivity contribution in [3.8, 4) is 0 Å². The predicted molar refractivity (Wildman–Crippen MR) is 165 cm³/mol. The summed E-state index contributed by atoms with van der Waals surface area (Å²) in [7, 11) is 0. The molecule has 0 bridgehead atoms. The quantitative estimate of drug-likeness (QED) is 0.207. The fourth-order valence-electron chi connectivity index (χ4n) is 2.62. The number of allylic oxidation sites excluding steroid dienone is 5. The van der Waals surface area contributed by atoms with E-state index in [9.17, 15) is 4.79 Å². The van der Waals surface area contributed by atoms with Crippen molar-refractivity contribution in [1.82, 2.24) is 15.2 Å². The number of carbonyl (C=O) groups is 1. The number of thiazole rings is 1. The summed E-state index contributed by atoms with van der Waals surface area (Å²) in [6.45, 7) is 22.2. The molecule has 0 spiro atoms. The highest BCUT2D eigenvalue weighted by Crippen LogP contribution is 2.30. The molecule has 0 saturated carbocycles. The number of carbonyl (C=O) groups excluding carboxylic acids is 1. The van der Waals surface area contributed by atoms with Crippen LogP contribution < -0.4 is 11.1 Å². The van der Waals surface area contributed by atoms with Gasteiger partial charge in [0.2, 0.25) is 0 Å². The molecule has 7 heteroatoms. The zero-order chi connectivity index (χ0) is 27.8. The minimum atomic E-state index is 0.148. The average molecular weight is 535 g/mol. The molecule has 0 radical (unpaired) electrons. The molecule has 2 atom stereocenters. The summed E-state index contributed by atoms with van der Waals surface area (Å²) in [6, 6.07) is 0.148. The Bertz CT molecular complexity index is 759. The van der Waals surface area contributed by atoms with Crippen molar-refractivity contribution >= 4 is 35.0 Å². The lowest BCUT2D eigenvalue weighted by Crippen LogP contribution is -2.45. The van der Waals surface area contributed by atoms with E-state index in [2.05, 4.69) is 48.3 Å². The zero-order valence-electron chi connectivity index (χ0n) is 23.4. The van der Waals surface area contributed by atoms with Gasteiger partial charge in [0.1, 0.15) is 5.69 Å². The number of thiocarbonyl (C=S) groups is 1. The van der Waals surface area contributed by atoms with E-state index in [1.165, 1.54) is 6.42 Å². The molecule has 0 aromatic carbocycles. The largest absolute Gasteiger partial charge is 0.362 e. The predicted octanol–water partition coefficient (Wildman–Crippen LogP) is 7.30. The Hall–Kier alpha value is -2.09. The third kappa shape index (κ3) is 19.1. The van der Waals surface area contributed by atoms with Crippen LogP contribution in [0.4, 0.5) is 0 Å². The second kappa shape index (κ2) is 24.6. The van der Waals surface area contributed by atoms with Crippen LogP contribution in [0.25, 0.3) is 0 Å². The summed E-state index contributed by atoms with van der Waals surface area (Å²) >= 11 is 7.07. The van der Waals surface area contributed by atoms with E-state index in [0.717, 1.165) is 55.3 Å². The number of nitrogens with two attached hydrogens (primary N) is 1. The molecule has 1 aliphatic heterocycles. The van der Waals surface area contributed by atoms with Gasteiger partial charge in [-0.05, 0) is 65.1 Å².